The van der Waals surface area contributed by atoms with E-state index >= 15 is 0 Å². The van der Waals surface area contributed by atoms with Gasteiger partial charge in [0, 0.05) is 17.4 Å². The lowest BCUT2D eigenvalue weighted by Crippen LogP contribution is -2.09. The van der Waals surface area contributed by atoms with Gasteiger partial charge in [-0.1, -0.05) is 35.0 Å². The normalized spacial score (nSPS) is 10.6. The third-order valence-corrected chi connectivity index (χ3v) is 4.52. The number of benzene rings is 1. The molecule has 106 valence electrons. The minimum atomic E-state index is 0.752. The van der Waals surface area contributed by atoms with E-state index in [-0.39, 0.29) is 0 Å². The molecule has 0 fully saturated rings. The molecule has 5 heteroatoms. The number of hydrogen-bond acceptors (Lipinski definition) is 3. The van der Waals surface area contributed by atoms with Gasteiger partial charge < -0.3 is 5.32 Å². The van der Waals surface area contributed by atoms with Crippen LogP contribution < -0.4 is 5.32 Å². The Labute approximate surface area is 141 Å². The molecule has 1 N–H and O–H groups in total. The van der Waals surface area contributed by atoms with E-state index in [0.717, 1.165) is 44.8 Å². The first-order chi connectivity index (χ1) is 9.63. The SMILES string of the molecule is CCNc1nc(Cc2cccc(Br)c2)nc(CC)c1I. The molecule has 1 heterocycles. The molecule has 0 spiro atoms. The maximum absolute atomic E-state index is 4.68. The molecular formula is C15H17BrIN3. The number of halogens is 2. The van der Waals surface area contributed by atoms with Crippen molar-refractivity contribution in [3.63, 3.8) is 0 Å². The van der Waals surface area contributed by atoms with Crippen molar-refractivity contribution in [3.05, 3.63) is 49.4 Å². The summed E-state index contributed by atoms with van der Waals surface area (Å²) in [6.07, 6.45) is 1.67. The maximum Gasteiger partial charge on any atom is 0.143 e. The Morgan fingerprint density at radius 3 is 2.70 bits per heavy atom. The summed E-state index contributed by atoms with van der Waals surface area (Å²) in [5, 5.41) is 3.32. The van der Waals surface area contributed by atoms with Crippen molar-refractivity contribution in [2.24, 2.45) is 0 Å². The van der Waals surface area contributed by atoms with Crippen molar-refractivity contribution in [2.75, 3.05) is 11.9 Å². The molecule has 0 aliphatic rings. The fourth-order valence-electron chi connectivity index (χ4n) is 1.97. The van der Waals surface area contributed by atoms with Gasteiger partial charge in [-0.05, 0) is 53.6 Å². The van der Waals surface area contributed by atoms with Crippen molar-refractivity contribution < 1.29 is 0 Å². The molecule has 0 atom stereocenters. The molecule has 0 saturated carbocycles. The fourth-order valence-corrected chi connectivity index (χ4v) is 3.23. The van der Waals surface area contributed by atoms with E-state index < -0.39 is 0 Å². The number of hydrogen-bond donors (Lipinski definition) is 1. The predicted molar refractivity (Wildman–Crippen MR) is 95.2 cm³/mol. The molecule has 0 saturated heterocycles. The second-order valence-corrected chi connectivity index (χ2v) is 6.43. The minimum Gasteiger partial charge on any atom is -0.369 e. The minimum absolute atomic E-state index is 0.752. The predicted octanol–water partition coefficient (Wildman–Crippen LogP) is 4.43. The standard InChI is InChI=1S/C15H17BrIN3/c1-3-12-14(17)15(18-4-2)20-13(19-12)9-10-6-5-7-11(16)8-10/h5-8H,3-4,9H2,1-2H3,(H,18,19,20). The summed E-state index contributed by atoms with van der Waals surface area (Å²) in [5.74, 6) is 1.82. The fraction of sp³-hybridized carbons (Fsp3) is 0.333. The van der Waals surface area contributed by atoms with Gasteiger partial charge >= 0.3 is 0 Å². The molecule has 0 aliphatic carbocycles. The summed E-state index contributed by atoms with van der Waals surface area (Å²) in [6.45, 7) is 5.08. The Balaban J connectivity index is 2.34. The first-order valence-electron chi connectivity index (χ1n) is 6.67. The second-order valence-electron chi connectivity index (χ2n) is 4.44. The van der Waals surface area contributed by atoms with Crippen LogP contribution in [0.3, 0.4) is 0 Å². The third-order valence-electron chi connectivity index (χ3n) is 2.90. The van der Waals surface area contributed by atoms with E-state index in [0.29, 0.717) is 0 Å². The lowest BCUT2D eigenvalue weighted by atomic mass is 10.1. The van der Waals surface area contributed by atoms with Crippen LogP contribution >= 0.6 is 38.5 Å². The van der Waals surface area contributed by atoms with Crippen molar-refractivity contribution in [2.45, 2.75) is 26.7 Å². The number of nitrogens with zero attached hydrogens (tertiary/aromatic N) is 2. The lowest BCUT2D eigenvalue weighted by molar-refractivity contribution is 0.893. The monoisotopic (exact) mass is 445 g/mol. The zero-order valence-electron chi connectivity index (χ0n) is 11.6. The van der Waals surface area contributed by atoms with Gasteiger partial charge in [-0.15, -0.1) is 0 Å². The zero-order valence-corrected chi connectivity index (χ0v) is 15.3. The van der Waals surface area contributed by atoms with Crippen LogP contribution in [0.4, 0.5) is 5.82 Å². The first kappa shape index (κ1) is 15.7. The van der Waals surface area contributed by atoms with Gasteiger partial charge in [0.25, 0.3) is 0 Å². The van der Waals surface area contributed by atoms with Gasteiger partial charge in [0.1, 0.15) is 11.6 Å². The lowest BCUT2D eigenvalue weighted by Gasteiger charge is -2.11. The molecule has 0 amide bonds. The topological polar surface area (TPSA) is 37.8 Å². The second kappa shape index (κ2) is 7.36. The van der Waals surface area contributed by atoms with Gasteiger partial charge in [-0.3, -0.25) is 0 Å². The Morgan fingerprint density at radius 2 is 2.05 bits per heavy atom. The smallest absolute Gasteiger partial charge is 0.143 e. The number of aryl methyl sites for hydroxylation is 1. The Hall–Kier alpha value is -0.690. The van der Waals surface area contributed by atoms with Crippen LogP contribution in [-0.2, 0) is 12.8 Å². The molecular weight excluding hydrogens is 429 g/mol. The summed E-state index contributed by atoms with van der Waals surface area (Å²) in [5.41, 5.74) is 2.33. The molecule has 0 bridgehead atoms. The van der Waals surface area contributed by atoms with Crippen molar-refractivity contribution in [1.29, 1.82) is 0 Å². The van der Waals surface area contributed by atoms with Gasteiger partial charge in [-0.2, -0.15) is 0 Å². The van der Waals surface area contributed by atoms with Gasteiger partial charge in [-0.25, -0.2) is 9.97 Å². The van der Waals surface area contributed by atoms with Crippen LogP contribution in [0.5, 0.6) is 0 Å². The van der Waals surface area contributed by atoms with E-state index in [1.54, 1.807) is 0 Å². The summed E-state index contributed by atoms with van der Waals surface area (Å²) < 4.78 is 2.22. The number of rotatable bonds is 5. The molecule has 3 nitrogen and oxygen atoms in total. The summed E-state index contributed by atoms with van der Waals surface area (Å²) in [4.78, 5) is 9.34. The van der Waals surface area contributed by atoms with Crippen LogP contribution in [0.15, 0.2) is 28.7 Å². The number of aromatic nitrogens is 2. The van der Waals surface area contributed by atoms with Gasteiger partial charge in [0.05, 0.1) is 9.26 Å². The molecule has 2 rings (SSSR count). The Bertz CT molecular complexity index is 602. The quantitative estimate of drug-likeness (QED) is 0.692. The van der Waals surface area contributed by atoms with Crippen LogP contribution in [0, 0.1) is 3.57 Å². The van der Waals surface area contributed by atoms with Crippen LogP contribution in [0.2, 0.25) is 0 Å². The third kappa shape index (κ3) is 3.91. The molecule has 0 unspecified atom stereocenters. The first-order valence-corrected chi connectivity index (χ1v) is 8.54. The average molecular weight is 446 g/mol. The van der Waals surface area contributed by atoms with E-state index in [4.69, 9.17) is 0 Å². The van der Waals surface area contributed by atoms with E-state index in [2.05, 4.69) is 79.8 Å². The van der Waals surface area contributed by atoms with Crippen LogP contribution in [0.1, 0.15) is 30.9 Å². The molecule has 1 aromatic heterocycles. The van der Waals surface area contributed by atoms with Crippen LogP contribution in [0.25, 0.3) is 0 Å². The Kier molecular flexibility index (Phi) is 5.77. The number of nitrogens with one attached hydrogen (secondary N) is 1. The van der Waals surface area contributed by atoms with Crippen LogP contribution in [-0.4, -0.2) is 16.5 Å². The molecule has 0 aliphatic heterocycles. The average Bonchev–Trinajstić information content (AvgIpc) is 2.42. The van der Waals surface area contributed by atoms with E-state index in [1.165, 1.54) is 5.56 Å². The summed E-state index contributed by atoms with van der Waals surface area (Å²) >= 11 is 5.82. The largest absolute Gasteiger partial charge is 0.369 e. The summed E-state index contributed by atoms with van der Waals surface area (Å²) in [7, 11) is 0. The Morgan fingerprint density at radius 1 is 1.25 bits per heavy atom. The molecule has 2 aromatic rings. The number of anilines is 1. The van der Waals surface area contributed by atoms with E-state index in [9.17, 15) is 0 Å². The van der Waals surface area contributed by atoms with Gasteiger partial charge in [0.2, 0.25) is 0 Å². The van der Waals surface area contributed by atoms with E-state index in [1.807, 2.05) is 12.1 Å². The molecule has 0 radical (unpaired) electrons. The summed E-state index contributed by atoms with van der Waals surface area (Å²) in [6, 6.07) is 8.28. The zero-order chi connectivity index (χ0) is 14.5. The highest BCUT2D eigenvalue weighted by atomic mass is 127. The van der Waals surface area contributed by atoms with Crippen molar-refractivity contribution in [3.8, 4) is 0 Å². The highest BCUT2D eigenvalue weighted by Crippen LogP contribution is 2.21. The molecule has 20 heavy (non-hydrogen) atoms. The maximum atomic E-state index is 4.68. The van der Waals surface area contributed by atoms with Crippen molar-refractivity contribution in [1.82, 2.24) is 9.97 Å². The highest BCUT2D eigenvalue weighted by molar-refractivity contribution is 14.1. The molecule has 1 aromatic carbocycles. The van der Waals surface area contributed by atoms with Crippen molar-refractivity contribution >= 4 is 44.3 Å². The van der Waals surface area contributed by atoms with Gasteiger partial charge in [0.15, 0.2) is 0 Å². The highest BCUT2D eigenvalue weighted by Gasteiger charge is 2.11.